The van der Waals surface area contributed by atoms with Crippen molar-refractivity contribution in [3.8, 4) is 5.75 Å². The summed E-state index contributed by atoms with van der Waals surface area (Å²) in [7, 11) is 1.69. The van der Waals surface area contributed by atoms with Crippen LogP contribution in [-0.4, -0.2) is 18.1 Å². The molecule has 0 spiro atoms. The Balaban J connectivity index is 2.29. The van der Waals surface area contributed by atoms with Crippen LogP contribution in [0.4, 0.5) is 0 Å². The van der Waals surface area contributed by atoms with E-state index in [0.717, 1.165) is 24.3 Å². The molecule has 2 rings (SSSR count). The van der Waals surface area contributed by atoms with Gasteiger partial charge in [-0.3, -0.25) is 4.98 Å². The van der Waals surface area contributed by atoms with E-state index >= 15 is 0 Å². The van der Waals surface area contributed by atoms with E-state index in [2.05, 4.69) is 11.9 Å². The normalized spacial score (nSPS) is 30.5. The van der Waals surface area contributed by atoms with Crippen molar-refractivity contribution in [1.29, 1.82) is 0 Å². The molecule has 1 fully saturated rings. The van der Waals surface area contributed by atoms with E-state index in [0.29, 0.717) is 17.9 Å². The summed E-state index contributed by atoms with van der Waals surface area (Å²) < 4.78 is 5.34. The van der Waals surface area contributed by atoms with Crippen LogP contribution in [0.2, 0.25) is 0 Å². The van der Waals surface area contributed by atoms with E-state index in [1.165, 1.54) is 0 Å². The van der Waals surface area contributed by atoms with Crippen molar-refractivity contribution in [2.24, 2.45) is 11.7 Å². The van der Waals surface area contributed by atoms with E-state index in [1.54, 1.807) is 7.11 Å². The summed E-state index contributed by atoms with van der Waals surface area (Å²) >= 11 is 0. The molecule has 1 aliphatic rings. The first-order valence-electron chi connectivity index (χ1n) is 5.48. The highest BCUT2D eigenvalue weighted by Gasteiger charge is 2.33. The van der Waals surface area contributed by atoms with Gasteiger partial charge in [-0.25, -0.2) is 0 Å². The topological polar surface area (TPSA) is 48.1 Å². The van der Waals surface area contributed by atoms with Crippen molar-refractivity contribution >= 4 is 0 Å². The quantitative estimate of drug-likeness (QED) is 0.804. The molecule has 1 aromatic heterocycles. The van der Waals surface area contributed by atoms with Crippen molar-refractivity contribution in [3.05, 3.63) is 24.0 Å². The molecule has 0 bridgehead atoms. The van der Waals surface area contributed by atoms with Gasteiger partial charge >= 0.3 is 0 Å². The molecule has 0 radical (unpaired) electrons. The number of hydrogen-bond acceptors (Lipinski definition) is 3. The average molecular weight is 206 g/mol. The molecule has 0 aliphatic heterocycles. The molecule has 15 heavy (non-hydrogen) atoms. The zero-order valence-electron chi connectivity index (χ0n) is 9.31. The molecule has 3 nitrogen and oxygen atoms in total. The fraction of sp³-hybridized carbons (Fsp3) is 0.583. The highest BCUT2D eigenvalue weighted by Crippen LogP contribution is 2.40. The van der Waals surface area contributed by atoms with E-state index < -0.39 is 0 Å². The lowest BCUT2D eigenvalue weighted by molar-refractivity contribution is 0.390. The number of nitrogens with two attached hydrogens (primary N) is 1. The number of pyridine rings is 1. The molecule has 1 saturated carbocycles. The van der Waals surface area contributed by atoms with E-state index in [9.17, 15) is 0 Å². The molecule has 3 atom stereocenters. The van der Waals surface area contributed by atoms with Gasteiger partial charge in [0.05, 0.1) is 12.8 Å². The monoisotopic (exact) mass is 206 g/mol. The predicted molar refractivity (Wildman–Crippen MR) is 59.9 cm³/mol. The first-order valence-corrected chi connectivity index (χ1v) is 5.48. The first-order chi connectivity index (χ1) is 7.24. The third-order valence-electron chi connectivity index (χ3n) is 3.49. The number of rotatable bonds is 2. The molecule has 3 heteroatoms. The first kappa shape index (κ1) is 10.4. The van der Waals surface area contributed by atoms with Crippen LogP contribution >= 0.6 is 0 Å². The fourth-order valence-electron chi connectivity index (χ4n) is 2.44. The second kappa shape index (κ2) is 4.19. The maximum Gasteiger partial charge on any atom is 0.140 e. The molecule has 0 aromatic carbocycles. The van der Waals surface area contributed by atoms with Gasteiger partial charge in [0.25, 0.3) is 0 Å². The molecule has 3 unspecified atom stereocenters. The second-order valence-electron chi connectivity index (χ2n) is 4.30. The lowest BCUT2D eigenvalue weighted by Gasteiger charge is -2.19. The van der Waals surface area contributed by atoms with Gasteiger partial charge in [0.15, 0.2) is 0 Å². The number of methoxy groups -OCH3 is 1. The van der Waals surface area contributed by atoms with E-state index in [1.807, 2.05) is 18.3 Å². The van der Waals surface area contributed by atoms with Crippen LogP contribution in [0.3, 0.4) is 0 Å². The summed E-state index contributed by atoms with van der Waals surface area (Å²) in [6.45, 7) is 2.20. The summed E-state index contributed by atoms with van der Waals surface area (Å²) in [6.07, 6.45) is 4.04. The number of aromatic nitrogens is 1. The van der Waals surface area contributed by atoms with Crippen LogP contribution in [0.5, 0.6) is 5.75 Å². The highest BCUT2D eigenvalue weighted by molar-refractivity contribution is 5.31. The van der Waals surface area contributed by atoms with Crippen molar-refractivity contribution < 1.29 is 4.74 Å². The lowest BCUT2D eigenvalue weighted by Crippen LogP contribution is -2.24. The lowest BCUT2D eigenvalue weighted by atomic mass is 9.92. The predicted octanol–water partition coefficient (Wildman–Crippen LogP) is 1.93. The van der Waals surface area contributed by atoms with Gasteiger partial charge < -0.3 is 10.5 Å². The summed E-state index contributed by atoms with van der Waals surface area (Å²) in [5.74, 6) is 1.84. The van der Waals surface area contributed by atoms with Crippen LogP contribution in [0.25, 0.3) is 0 Å². The van der Waals surface area contributed by atoms with Crippen molar-refractivity contribution in [3.63, 3.8) is 0 Å². The Labute approximate surface area is 90.7 Å². The summed E-state index contributed by atoms with van der Waals surface area (Å²) in [4.78, 5) is 4.44. The van der Waals surface area contributed by atoms with Crippen LogP contribution in [-0.2, 0) is 0 Å². The third-order valence-corrected chi connectivity index (χ3v) is 3.49. The molecule has 2 N–H and O–H groups in total. The zero-order valence-corrected chi connectivity index (χ0v) is 9.31. The molecule has 1 aliphatic carbocycles. The Bertz CT molecular complexity index is 340. The smallest absolute Gasteiger partial charge is 0.140 e. The minimum absolute atomic E-state index is 0.307. The molecule has 1 heterocycles. The number of ether oxygens (including phenoxy) is 1. The van der Waals surface area contributed by atoms with Crippen LogP contribution in [0.15, 0.2) is 18.3 Å². The minimum Gasteiger partial charge on any atom is -0.495 e. The van der Waals surface area contributed by atoms with Crippen LogP contribution in [0.1, 0.15) is 31.4 Å². The zero-order chi connectivity index (χ0) is 10.8. The van der Waals surface area contributed by atoms with Gasteiger partial charge in [0.1, 0.15) is 5.75 Å². The van der Waals surface area contributed by atoms with Gasteiger partial charge in [-0.05, 0) is 30.9 Å². The van der Waals surface area contributed by atoms with Gasteiger partial charge in [0, 0.05) is 18.2 Å². The van der Waals surface area contributed by atoms with Gasteiger partial charge in [-0.2, -0.15) is 0 Å². The largest absolute Gasteiger partial charge is 0.495 e. The molecule has 0 saturated heterocycles. The minimum atomic E-state index is 0.307. The van der Waals surface area contributed by atoms with Gasteiger partial charge in [-0.1, -0.05) is 6.92 Å². The molecular weight excluding hydrogens is 188 g/mol. The fourth-order valence-corrected chi connectivity index (χ4v) is 2.44. The maximum absolute atomic E-state index is 6.03. The molecule has 0 amide bonds. The Morgan fingerprint density at radius 1 is 1.47 bits per heavy atom. The van der Waals surface area contributed by atoms with Crippen molar-refractivity contribution in [1.82, 2.24) is 4.98 Å². The standard InChI is InChI=1S/C12H18N2O/c1-8-9(5-6-10(8)13)12-11(15-2)4-3-7-14-12/h3-4,7-10H,5-6,13H2,1-2H3. The Hall–Kier alpha value is -1.09. The van der Waals surface area contributed by atoms with Gasteiger partial charge in [0.2, 0.25) is 0 Å². The number of hydrogen-bond donors (Lipinski definition) is 1. The van der Waals surface area contributed by atoms with Crippen molar-refractivity contribution in [2.75, 3.05) is 7.11 Å². The maximum atomic E-state index is 6.03. The SMILES string of the molecule is COc1cccnc1C1CCC(N)C1C. The molecule has 82 valence electrons. The van der Waals surface area contributed by atoms with Gasteiger partial charge in [-0.15, -0.1) is 0 Å². The Morgan fingerprint density at radius 3 is 2.87 bits per heavy atom. The summed E-state index contributed by atoms with van der Waals surface area (Å²) in [5, 5.41) is 0. The molecular formula is C12H18N2O. The highest BCUT2D eigenvalue weighted by atomic mass is 16.5. The average Bonchev–Trinajstić information content (AvgIpc) is 2.60. The van der Waals surface area contributed by atoms with E-state index in [4.69, 9.17) is 10.5 Å². The molecule has 1 aromatic rings. The number of nitrogens with zero attached hydrogens (tertiary/aromatic N) is 1. The van der Waals surface area contributed by atoms with E-state index in [-0.39, 0.29) is 0 Å². The third kappa shape index (κ3) is 1.84. The van der Waals surface area contributed by atoms with Crippen LogP contribution < -0.4 is 10.5 Å². The Kier molecular flexibility index (Phi) is 2.91. The Morgan fingerprint density at radius 2 is 2.27 bits per heavy atom. The van der Waals surface area contributed by atoms with Crippen LogP contribution in [0, 0.1) is 5.92 Å². The van der Waals surface area contributed by atoms with Crippen molar-refractivity contribution in [2.45, 2.75) is 31.7 Å². The summed E-state index contributed by atoms with van der Waals surface area (Å²) in [5.41, 5.74) is 7.10. The second-order valence-corrected chi connectivity index (χ2v) is 4.30. The summed E-state index contributed by atoms with van der Waals surface area (Å²) in [6, 6.07) is 4.18.